The largest absolute Gasteiger partial charge is 0.374 e. The Bertz CT molecular complexity index is 564. The van der Waals surface area contributed by atoms with Gasteiger partial charge in [0.15, 0.2) is 0 Å². The van der Waals surface area contributed by atoms with E-state index in [0.717, 1.165) is 18.7 Å². The zero-order chi connectivity index (χ0) is 15.5. The molecule has 0 aromatic heterocycles. The molecule has 0 spiro atoms. The van der Waals surface area contributed by atoms with Gasteiger partial charge in [-0.2, -0.15) is 4.31 Å². The van der Waals surface area contributed by atoms with Crippen LogP contribution in [-0.4, -0.2) is 57.0 Å². The fourth-order valence-electron chi connectivity index (χ4n) is 2.24. The number of hydrogen-bond acceptors (Lipinski definition) is 4. The lowest BCUT2D eigenvalue weighted by Crippen LogP contribution is -2.47. The Balaban J connectivity index is 2.14. The van der Waals surface area contributed by atoms with Crippen molar-refractivity contribution < 1.29 is 13.2 Å². The summed E-state index contributed by atoms with van der Waals surface area (Å²) in [6, 6.07) is 7.05. The molecule has 1 aliphatic heterocycles. The smallest absolute Gasteiger partial charge is 0.243 e. The molecule has 1 saturated heterocycles. The van der Waals surface area contributed by atoms with Crippen LogP contribution < -0.4 is 0 Å². The zero-order valence-corrected chi connectivity index (χ0v) is 13.8. The minimum atomic E-state index is -3.40. The highest BCUT2D eigenvalue weighted by Gasteiger charge is 2.27. The van der Waals surface area contributed by atoms with E-state index in [9.17, 15) is 8.42 Å². The van der Waals surface area contributed by atoms with Gasteiger partial charge in [0.2, 0.25) is 10.0 Å². The molecule has 0 radical (unpaired) electrons. The molecular formula is C15H24N2O3S. The van der Waals surface area contributed by atoms with Gasteiger partial charge in [0.05, 0.1) is 17.6 Å². The first kappa shape index (κ1) is 16.4. The Morgan fingerprint density at radius 2 is 1.86 bits per heavy atom. The molecule has 5 nitrogen and oxygen atoms in total. The third-order valence-electron chi connectivity index (χ3n) is 3.58. The van der Waals surface area contributed by atoms with Gasteiger partial charge in [0.1, 0.15) is 0 Å². The average Bonchev–Trinajstić information content (AvgIpc) is 2.46. The lowest BCUT2D eigenvalue weighted by Gasteiger charge is -2.31. The molecule has 0 N–H and O–H groups in total. The summed E-state index contributed by atoms with van der Waals surface area (Å²) in [6.07, 6.45) is 0.128. The van der Waals surface area contributed by atoms with E-state index < -0.39 is 10.0 Å². The van der Waals surface area contributed by atoms with E-state index in [1.165, 1.54) is 0 Å². The lowest BCUT2D eigenvalue weighted by atomic mass is 10.2. The molecule has 1 aromatic rings. The van der Waals surface area contributed by atoms with Gasteiger partial charge >= 0.3 is 0 Å². The topological polar surface area (TPSA) is 49.9 Å². The van der Waals surface area contributed by atoms with Crippen LogP contribution >= 0.6 is 0 Å². The second-order valence-electron chi connectivity index (χ2n) is 5.71. The van der Waals surface area contributed by atoms with Crippen molar-refractivity contribution >= 4 is 10.0 Å². The average molecular weight is 312 g/mol. The van der Waals surface area contributed by atoms with Gasteiger partial charge in [-0.25, -0.2) is 8.42 Å². The van der Waals surface area contributed by atoms with Gasteiger partial charge in [-0.05, 0) is 38.6 Å². The predicted octanol–water partition coefficient (Wildman–Crippen LogP) is 1.55. The molecular weight excluding hydrogens is 288 g/mol. The number of sulfonamides is 1. The molecule has 0 unspecified atom stereocenters. The highest BCUT2D eigenvalue weighted by atomic mass is 32.2. The third kappa shape index (κ3) is 4.26. The first-order valence-electron chi connectivity index (χ1n) is 7.29. The normalized spacial score (nSPS) is 18.3. The van der Waals surface area contributed by atoms with Crippen LogP contribution in [0.2, 0.25) is 0 Å². The summed E-state index contributed by atoms with van der Waals surface area (Å²) in [5.74, 6) is 0. The Hall–Kier alpha value is -0.950. The van der Waals surface area contributed by atoms with Crippen LogP contribution in [0.15, 0.2) is 29.2 Å². The van der Waals surface area contributed by atoms with Crippen molar-refractivity contribution in [2.24, 2.45) is 0 Å². The van der Waals surface area contributed by atoms with Crippen molar-refractivity contribution in [1.29, 1.82) is 0 Å². The molecule has 6 heteroatoms. The van der Waals surface area contributed by atoms with Crippen LogP contribution in [0.4, 0.5) is 0 Å². The number of piperazine rings is 1. The number of ether oxygens (including phenoxy) is 1. The SMILES string of the molecule is CC(C)OCc1cccc(S(=O)(=O)N2CCN(C)CC2)c1. The monoisotopic (exact) mass is 312 g/mol. The first-order valence-corrected chi connectivity index (χ1v) is 8.73. The van der Waals surface area contributed by atoms with Gasteiger partial charge in [-0.1, -0.05) is 12.1 Å². The number of likely N-dealkylation sites (N-methyl/N-ethyl adjacent to an activating group) is 1. The Morgan fingerprint density at radius 1 is 1.19 bits per heavy atom. The number of benzene rings is 1. The zero-order valence-electron chi connectivity index (χ0n) is 12.9. The van der Waals surface area contributed by atoms with Crippen molar-refractivity contribution in [3.05, 3.63) is 29.8 Å². The van der Waals surface area contributed by atoms with Crippen molar-refractivity contribution in [3.8, 4) is 0 Å². The summed E-state index contributed by atoms with van der Waals surface area (Å²) in [5.41, 5.74) is 0.888. The summed E-state index contributed by atoms with van der Waals surface area (Å²) < 4.78 is 32.4. The minimum absolute atomic E-state index is 0.128. The maximum absolute atomic E-state index is 12.7. The van der Waals surface area contributed by atoms with Crippen LogP contribution in [0.3, 0.4) is 0 Å². The van der Waals surface area contributed by atoms with Crippen LogP contribution in [-0.2, 0) is 21.4 Å². The Kier molecular flexibility index (Phi) is 5.37. The number of hydrogen-bond donors (Lipinski definition) is 0. The van der Waals surface area contributed by atoms with Gasteiger partial charge in [0, 0.05) is 26.2 Å². The van der Waals surface area contributed by atoms with Crippen LogP contribution in [0.1, 0.15) is 19.4 Å². The quantitative estimate of drug-likeness (QED) is 0.828. The molecule has 0 amide bonds. The van der Waals surface area contributed by atoms with Crippen LogP contribution in [0, 0.1) is 0 Å². The summed E-state index contributed by atoms with van der Waals surface area (Å²) in [4.78, 5) is 2.50. The molecule has 0 aliphatic carbocycles. The minimum Gasteiger partial charge on any atom is -0.374 e. The predicted molar refractivity (Wildman–Crippen MR) is 82.6 cm³/mol. The second-order valence-corrected chi connectivity index (χ2v) is 7.65. The molecule has 118 valence electrons. The van der Waals surface area contributed by atoms with E-state index in [0.29, 0.717) is 24.6 Å². The lowest BCUT2D eigenvalue weighted by molar-refractivity contribution is 0.0656. The Labute approximate surface area is 127 Å². The first-order chi connectivity index (χ1) is 9.89. The standard InChI is InChI=1S/C15H24N2O3S/c1-13(2)20-12-14-5-4-6-15(11-14)21(18,19)17-9-7-16(3)8-10-17/h4-6,11,13H,7-10,12H2,1-3H3. The van der Waals surface area contributed by atoms with E-state index in [4.69, 9.17) is 4.74 Å². The molecule has 1 heterocycles. The van der Waals surface area contributed by atoms with E-state index in [2.05, 4.69) is 4.90 Å². The molecule has 0 atom stereocenters. The van der Waals surface area contributed by atoms with Crippen LogP contribution in [0.25, 0.3) is 0 Å². The third-order valence-corrected chi connectivity index (χ3v) is 5.48. The molecule has 0 bridgehead atoms. The second kappa shape index (κ2) is 6.87. The van der Waals surface area contributed by atoms with E-state index in [1.54, 1.807) is 22.5 Å². The summed E-state index contributed by atoms with van der Waals surface area (Å²) in [7, 11) is -1.39. The van der Waals surface area contributed by atoms with Gasteiger partial charge in [0.25, 0.3) is 0 Å². The van der Waals surface area contributed by atoms with Crippen molar-refractivity contribution in [3.63, 3.8) is 0 Å². The number of nitrogens with zero attached hydrogens (tertiary/aromatic N) is 2. The van der Waals surface area contributed by atoms with Crippen molar-refractivity contribution in [1.82, 2.24) is 9.21 Å². The summed E-state index contributed by atoms with van der Waals surface area (Å²) >= 11 is 0. The van der Waals surface area contributed by atoms with Crippen molar-refractivity contribution in [2.75, 3.05) is 33.2 Å². The fourth-order valence-corrected chi connectivity index (χ4v) is 3.73. The fraction of sp³-hybridized carbons (Fsp3) is 0.600. The molecule has 21 heavy (non-hydrogen) atoms. The Morgan fingerprint density at radius 3 is 2.48 bits per heavy atom. The maximum Gasteiger partial charge on any atom is 0.243 e. The molecule has 0 saturated carbocycles. The highest BCUT2D eigenvalue weighted by molar-refractivity contribution is 7.89. The molecule has 1 fully saturated rings. The van der Waals surface area contributed by atoms with Gasteiger partial charge in [-0.15, -0.1) is 0 Å². The van der Waals surface area contributed by atoms with E-state index in [1.807, 2.05) is 27.0 Å². The number of rotatable bonds is 5. The van der Waals surface area contributed by atoms with Crippen molar-refractivity contribution in [2.45, 2.75) is 31.5 Å². The van der Waals surface area contributed by atoms with Gasteiger partial charge in [-0.3, -0.25) is 0 Å². The summed E-state index contributed by atoms with van der Waals surface area (Å²) in [5, 5.41) is 0. The van der Waals surface area contributed by atoms with Crippen LogP contribution in [0.5, 0.6) is 0 Å². The molecule has 1 aliphatic rings. The van der Waals surface area contributed by atoms with E-state index in [-0.39, 0.29) is 6.10 Å². The highest BCUT2D eigenvalue weighted by Crippen LogP contribution is 2.19. The molecule has 2 rings (SSSR count). The maximum atomic E-state index is 12.7. The molecule has 1 aromatic carbocycles. The van der Waals surface area contributed by atoms with E-state index >= 15 is 0 Å². The summed E-state index contributed by atoms with van der Waals surface area (Å²) in [6.45, 7) is 7.00. The van der Waals surface area contributed by atoms with Gasteiger partial charge < -0.3 is 9.64 Å².